The molecule has 0 aliphatic heterocycles. The third-order valence-electron chi connectivity index (χ3n) is 2.67. The van der Waals surface area contributed by atoms with E-state index < -0.39 is 0 Å². The van der Waals surface area contributed by atoms with Gasteiger partial charge in [-0.3, -0.25) is 0 Å². The summed E-state index contributed by atoms with van der Waals surface area (Å²) in [5, 5.41) is 0. The highest BCUT2D eigenvalue weighted by Gasteiger charge is 2.05. The van der Waals surface area contributed by atoms with Crippen LogP contribution in [0.15, 0.2) is 11.6 Å². The highest BCUT2D eigenvalue weighted by molar-refractivity contribution is 7.09. The number of thiazole rings is 1. The second-order valence-electron chi connectivity index (χ2n) is 4.26. The normalized spacial score (nSPS) is 10.6. The number of hydrogen-bond donors (Lipinski definition) is 1. The summed E-state index contributed by atoms with van der Waals surface area (Å²) >= 11 is 1.65. The van der Waals surface area contributed by atoms with Crippen molar-refractivity contribution in [1.82, 2.24) is 15.0 Å². The van der Waals surface area contributed by atoms with E-state index in [0.717, 1.165) is 30.8 Å². The highest BCUT2D eigenvalue weighted by atomic mass is 32.1. The van der Waals surface area contributed by atoms with Gasteiger partial charge in [0.25, 0.3) is 0 Å². The fourth-order valence-electron chi connectivity index (χ4n) is 1.72. The predicted molar refractivity (Wildman–Crippen MR) is 76.5 cm³/mol. The summed E-state index contributed by atoms with van der Waals surface area (Å²) in [5.74, 6) is 1.76. The first kappa shape index (κ1) is 13.7. The van der Waals surface area contributed by atoms with E-state index in [1.807, 2.05) is 12.4 Å². The second kappa shape index (κ2) is 6.47. The molecule has 0 saturated carbocycles. The molecule has 2 N–H and O–H groups in total. The maximum Gasteiger partial charge on any atom is 0.218 e. The topological polar surface area (TPSA) is 73.9 Å². The molecule has 0 spiro atoms. The van der Waals surface area contributed by atoms with Gasteiger partial charge in [-0.05, 0) is 13.3 Å². The number of ether oxygens (including phenoxy) is 1. The lowest BCUT2D eigenvalue weighted by molar-refractivity contribution is 0.308. The van der Waals surface area contributed by atoms with Crippen LogP contribution in [0.3, 0.4) is 0 Å². The molecule has 2 aromatic rings. The van der Waals surface area contributed by atoms with Gasteiger partial charge in [0.1, 0.15) is 11.6 Å². The van der Waals surface area contributed by atoms with Crippen LogP contribution in [-0.2, 0) is 12.8 Å². The van der Waals surface area contributed by atoms with Crippen LogP contribution < -0.4 is 10.5 Å². The molecule has 0 fully saturated rings. The molecule has 0 aromatic carbocycles. The summed E-state index contributed by atoms with van der Waals surface area (Å²) in [7, 11) is 0. The lowest BCUT2D eigenvalue weighted by Gasteiger charge is -2.07. The Bertz CT molecular complexity index is 541. The average molecular weight is 278 g/mol. The number of anilines is 1. The third kappa shape index (κ3) is 3.89. The van der Waals surface area contributed by atoms with Crippen LogP contribution in [0.5, 0.6) is 5.88 Å². The Morgan fingerprint density at radius 1 is 1.32 bits per heavy atom. The first-order chi connectivity index (χ1) is 9.19. The van der Waals surface area contributed by atoms with Gasteiger partial charge in [0, 0.05) is 23.8 Å². The minimum atomic E-state index is 0.461. The maximum atomic E-state index is 5.74. The summed E-state index contributed by atoms with van der Waals surface area (Å²) in [6, 6.07) is 1.67. The number of aryl methyl sites for hydroxylation is 2. The fraction of sp³-hybridized carbons (Fsp3) is 0.462. The SMILES string of the molecule is CCCc1nc(N)cc(OCCc2scnc2C)n1. The Kier molecular flexibility index (Phi) is 4.68. The van der Waals surface area contributed by atoms with Crippen LogP contribution in [0, 0.1) is 6.92 Å². The molecular weight excluding hydrogens is 260 g/mol. The molecule has 0 radical (unpaired) electrons. The molecule has 102 valence electrons. The summed E-state index contributed by atoms with van der Waals surface area (Å²) in [5.41, 5.74) is 8.67. The Balaban J connectivity index is 1.94. The second-order valence-corrected chi connectivity index (χ2v) is 5.20. The maximum absolute atomic E-state index is 5.74. The average Bonchev–Trinajstić information content (AvgIpc) is 2.75. The summed E-state index contributed by atoms with van der Waals surface area (Å²) < 4.78 is 5.65. The van der Waals surface area contributed by atoms with Crippen LogP contribution in [0.1, 0.15) is 29.7 Å². The van der Waals surface area contributed by atoms with E-state index in [1.165, 1.54) is 4.88 Å². The van der Waals surface area contributed by atoms with Crippen molar-refractivity contribution in [2.24, 2.45) is 0 Å². The molecular formula is C13H18N4OS. The van der Waals surface area contributed by atoms with Crippen LogP contribution in [0.25, 0.3) is 0 Å². The van der Waals surface area contributed by atoms with Gasteiger partial charge >= 0.3 is 0 Å². The fourth-order valence-corrected chi connectivity index (χ4v) is 2.48. The lowest BCUT2D eigenvalue weighted by Crippen LogP contribution is -2.06. The van der Waals surface area contributed by atoms with Gasteiger partial charge in [0.05, 0.1) is 17.8 Å². The summed E-state index contributed by atoms with van der Waals surface area (Å²) in [6.45, 7) is 4.67. The zero-order chi connectivity index (χ0) is 13.7. The van der Waals surface area contributed by atoms with E-state index in [1.54, 1.807) is 17.4 Å². The number of nitrogens with zero attached hydrogens (tertiary/aromatic N) is 3. The van der Waals surface area contributed by atoms with Crippen molar-refractivity contribution in [3.63, 3.8) is 0 Å². The zero-order valence-corrected chi connectivity index (χ0v) is 12.0. The summed E-state index contributed by atoms with van der Waals surface area (Å²) in [4.78, 5) is 14.0. The lowest BCUT2D eigenvalue weighted by atomic mass is 10.3. The highest BCUT2D eigenvalue weighted by Crippen LogP contribution is 2.15. The van der Waals surface area contributed by atoms with E-state index in [4.69, 9.17) is 10.5 Å². The van der Waals surface area contributed by atoms with E-state index in [9.17, 15) is 0 Å². The van der Waals surface area contributed by atoms with Gasteiger partial charge in [0.15, 0.2) is 0 Å². The van der Waals surface area contributed by atoms with E-state index >= 15 is 0 Å². The van der Waals surface area contributed by atoms with Crippen LogP contribution in [0.4, 0.5) is 5.82 Å². The molecule has 0 atom stereocenters. The molecule has 2 heterocycles. The van der Waals surface area contributed by atoms with Crippen molar-refractivity contribution in [3.05, 3.63) is 28.0 Å². The molecule has 0 bridgehead atoms. The van der Waals surface area contributed by atoms with Gasteiger partial charge < -0.3 is 10.5 Å². The van der Waals surface area contributed by atoms with Crippen LogP contribution in [0.2, 0.25) is 0 Å². The number of nitrogens with two attached hydrogens (primary N) is 1. The van der Waals surface area contributed by atoms with E-state index in [-0.39, 0.29) is 0 Å². The van der Waals surface area contributed by atoms with Gasteiger partial charge in [-0.1, -0.05) is 6.92 Å². The zero-order valence-electron chi connectivity index (χ0n) is 11.2. The minimum Gasteiger partial charge on any atom is -0.477 e. The van der Waals surface area contributed by atoms with Crippen molar-refractivity contribution in [3.8, 4) is 5.88 Å². The third-order valence-corrected chi connectivity index (χ3v) is 3.66. The molecule has 5 nitrogen and oxygen atoms in total. The molecule has 0 unspecified atom stereocenters. The van der Waals surface area contributed by atoms with Crippen molar-refractivity contribution < 1.29 is 4.74 Å². The number of hydrogen-bond acceptors (Lipinski definition) is 6. The van der Waals surface area contributed by atoms with Crippen LogP contribution in [-0.4, -0.2) is 21.6 Å². The Labute approximate surface area is 116 Å². The van der Waals surface area contributed by atoms with Gasteiger partial charge in [-0.15, -0.1) is 11.3 Å². The van der Waals surface area contributed by atoms with Crippen molar-refractivity contribution >= 4 is 17.2 Å². The summed E-state index contributed by atoms with van der Waals surface area (Å²) in [6.07, 6.45) is 2.64. The Morgan fingerprint density at radius 2 is 2.16 bits per heavy atom. The molecule has 0 aliphatic rings. The molecule has 0 aliphatic carbocycles. The predicted octanol–water partition coefficient (Wildman–Crippen LogP) is 2.40. The largest absolute Gasteiger partial charge is 0.477 e. The number of rotatable bonds is 6. The van der Waals surface area contributed by atoms with E-state index in [2.05, 4.69) is 21.9 Å². The molecule has 2 aromatic heterocycles. The standard InChI is InChI=1S/C13H18N4OS/c1-3-4-12-16-11(14)7-13(17-12)18-6-5-10-9(2)15-8-19-10/h7-8H,3-6H2,1-2H3,(H2,14,16,17). The first-order valence-corrected chi connectivity index (χ1v) is 7.22. The Hall–Kier alpha value is -1.69. The number of aromatic nitrogens is 3. The van der Waals surface area contributed by atoms with Crippen molar-refractivity contribution in [2.75, 3.05) is 12.3 Å². The molecule has 19 heavy (non-hydrogen) atoms. The smallest absolute Gasteiger partial charge is 0.218 e. The van der Waals surface area contributed by atoms with Crippen LogP contribution >= 0.6 is 11.3 Å². The molecule has 2 rings (SSSR count). The first-order valence-electron chi connectivity index (χ1n) is 6.34. The minimum absolute atomic E-state index is 0.461. The number of nitrogen functional groups attached to an aromatic ring is 1. The Morgan fingerprint density at radius 3 is 2.84 bits per heavy atom. The monoisotopic (exact) mass is 278 g/mol. The molecule has 0 saturated heterocycles. The van der Waals surface area contributed by atoms with Gasteiger partial charge in [-0.25, -0.2) is 9.97 Å². The molecule has 6 heteroatoms. The van der Waals surface area contributed by atoms with Gasteiger partial charge in [0.2, 0.25) is 5.88 Å². The van der Waals surface area contributed by atoms with Gasteiger partial charge in [-0.2, -0.15) is 4.98 Å². The quantitative estimate of drug-likeness (QED) is 0.878. The molecule has 0 amide bonds. The van der Waals surface area contributed by atoms with Crippen molar-refractivity contribution in [1.29, 1.82) is 0 Å². The van der Waals surface area contributed by atoms with E-state index in [0.29, 0.717) is 18.3 Å². The van der Waals surface area contributed by atoms with Crippen molar-refractivity contribution in [2.45, 2.75) is 33.1 Å².